The fourth-order valence-corrected chi connectivity index (χ4v) is 0.970. The molecule has 70 valence electrons. The lowest BCUT2D eigenvalue weighted by Crippen LogP contribution is -1.89. The molecule has 1 aromatic rings. The summed E-state index contributed by atoms with van der Waals surface area (Å²) in [6, 6.07) is 9.43. The number of allylic oxidation sites excluding steroid dienone is 1. The molecule has 1 rings (SSSR count). The minimum Gasteiger partial charge on any atom is -0.478 e. The minimum absolute atomic E-state index is 0. The zero-order valence-electron chi connectivity index (χ0n) is 7.23. The lowest BCUT2D eigenvalue weighted by Gasteiger charge is -1.97. The van der Waals surface area contributed by atoms with Crippen molar-refractivity contribution in [1.29, 1.82) is 0 Å². The van der Waals surface area contributed by atoms with Crippen LogP contribution in [0.25, 0.3) is 5.57 Å². The largest absolute Gasteiger partial charge is 0.478 e. The van der Waals surface area contributed by atoms with Gasteiger partial charge in [-0.05, 0) is 18.1 Å². The lowest BCUT2D eigenvalue weighted by molar-refractivity contribution is -0.131. The minimum atomic E-state index is -0.906. The average Bonchev–Trinajstić information content (AvgIpc) is 2.05. The Labute approximate surface area is 83.3 Å². The third-order valence-corrected chi connectivity index (χ3v) is 1.57. The van der Waals surface area contributed by atoms with Gasteiger partial charge in [0.15, 0.2) is 0 Å². The summed E-state index contributed by atoms with van der Waals surface area (Å²) >= 11 is 0. The van der Waals surface area contributed by atoms with Crippen molar-refractivity contribution in [2.45, 2.75) is 6.92 Å². The standard InChI is InChI=1S/C10H10O2.ClH/c1-8(7-10(11)12)9-5-3-2-4-6-9;/h2-7H,1H3,(H,11,12);1H. The molecule has 0 saturated heterocycles. The zero-order valence-corrected chi connectivity index (χ0v) is 8.04. The molecular weight excluding hydrogens is 188 g/mol. The zero-order chi connectivity index (χ0) is 8.97. The van der Waals surface area contributed by atoms with Gasteiger partial charge >= 0.3 is 5.97 Å². The van der Waals surface area contributed by atoms with Gasteiger partial charge in [0.2, 0.25) is 0 Å². The predicted octanol–water partition coefficient (Wildman–Crippen LogP) is 2.60. The van der Waals surface area contributed by atoms with E-state index in [-0.39, 0.29) is 12.4 Å². The van der Waals surface area contributed by atoms with Gasteiger partial charge in [-0.3, -0.25) is 0 Å². The molecule has 0 bridgehead atoms. The van der Waals surface area contributed by atoms with Crippen LogP contribution in [0.3, 0.4) is 0 Å². The van der Waals surface area contributed by atoms with Gasteiger partial charge in [0.1, 0.15) is 0 Å². The molecule has 1 aromatic carbocycles. The molecule has 3 heteroatoms. The number of hydrogen-bond donors (Lipinski definition) is 1. The Morgan fingerprint density at radius 2 is 1.85 bits per heavy atom. The summed E-state index contributed by atoms with van der Waals surface area (Å²) in [4.78, 5) is 10.3. The fourth-order valence-electron chi connectivity index (χ4n) is 0.970. The number of carboxylic acids is 1. The summed E-state index contributed by atoms with van der Waals surface area (Å²) < 4.78 is 0. The van der Waals surface area contributed by atoms with Gasteiger partial charge < -0.3 is 5.11 Å². The van der Waals surface area contributed by atoms with Gasteiger partial charge in [-0.2, -0.15) is 0 Å². The van der Waals surface area contributed by atoms with Crippen LogP contribution >= 0.6 is 12.4 Å². The van der Waals surface area contributed by atoms with Crippen molar-refractivity contribution in [3.8, 4) is 0 Å². The maximum absolute atomic E-state index is 10.3. The smallest absolute Gasteiger partial charge is 0.328 e. The van der Waals surface area contributed by atoms with Crippen LogP contribution in [0, 0.1) is 0 Å². The first kappa shape index (κ1) is 11.7. The SMILES string of the molecule is CC(=CC(=O)O)c1ccccc1.Cl. The number of hydrogen-bond acceptors (Lipinski definition) is 1. The summed E-state index contributed by atoms with van der Waals surface area (Å²) in [5.41, 5.74) is 1.71. The predicted molar refractivity (Wildman–Crippen MR) is 55.0 cm³/mol. The Kier molecular flexibility index (Phi) is 4.85. The molecule has 0 aromatic heterocycles. The molecule has 0 saturated carbocycles. The van der Waals surface area contributed by atoms with E-state index in [4.69, 9.17) is 5.11 Å². The van der Waals surface area contributed by atoms with E-state index < -0.39 is 5.97 Å². The van der Waals surface area contributed by atoms with E-state index in [0.29, 0.717) is 0 Å². The Morgan fingerprint density at radius 1 is 1.31 bits per heavy atom. The molecule has 0 fully saturated rings. The summed E-state index contributed by atoms with van der Waals surface area (Å²) in [5, 5.41) is 8.47. The van der Waals surface area contributed by atoms with Crippen LogP contribution in [0.5, 0.6) is 0 Å². The lowest BCUT2D eigenvalue weighted by atomic mass is 10.1. The summed E-state index contributed by atoms with van der Waals surface area (Å²) in [6.07, 6.45) is 1.20. The van der Waals surface area contributed by atoms with E-state index in [1.807, 2.05) is 30.3 Å². The normalized spacial score (nSPS) is 10.4. The second-order valence-electron chi connectivity index (χ2n) is 2.53. The Morgan fingerprint density at radius 3 is 2.31 bits per heavy atom. The van der Waals surface area contributed by atoms with Crippen LogP contribution in [-0.2, 0) is 4.79 Å². The van der Waals surface area contributed by atoms with E-state index in [2.05, 4.69) is 0 Å². The van der Waals surface area contributed by atoms with Crippen molar-refractivity contribution in [2.24, 2.45) is 0 Å². The van der Waals surface area contributed by atoms with Gasteiger partial charge in [-0.15, -0.1) is 12.4 Å². The fraction of sp³-hybridized carbons (Fsp3) is 0.100. The van der Waals surface area contributed by atoms with Gasteiger partial charge in [-0.1, -0.05) is 30.3 Å². The maximum atomic E-state index is 10.3. The van der Waals surface area contributed by atoms with Gasteiger partial charge in [0.25, 0.3) is 0 Å². The number of carboxylic acid groups (broad SMARTS) is 1. The molecule has 0 amide bonds. The molecule has 0 atom stereocenters. The van der Waals surface area contributed by atoms with Crippen molar-refractivity contribution >= 4 is 23.9 Å². The number of benzene rings is 1. The number of carbonyl (C=O) groups is 1. The summed E-state index contributed by atoms with van der Waals surface area (Å²) in [6.45, 7) is 1.78. The maximum Gasteiger partial charge on any atom is 0.328 e. The summed E-state index contributed by atoms with van der Waals surface area (Å²) in [5.74, 6) is -0.906. The Hall–Kier alpha value is -1.28. The van der Waals surface area contributed by atoms with Gasteiger partial charge in [0, 0.05) is 6.08 Å². The van der Waals surface area contributed by atoms with Crippen LogP contribution < -0.4 is 0 Å². The van der Waals surface area contributed by atoms with E-state index in [9.17, 15) is 4.79 Å². The third kappa shape index (κ3) is 3.76. The van der Waals surface area contributed by atoms with Crippen LogP contribution in [0.2, 0.25) is 0 Å². The van der Waals surface area contributed by atoms with Crippen molar-refractivity contribution in [3.05, 3.63) is 42.0 Å². The molecule has 0 aliphatic rings. The van der Waals surface area contributed by atoms with E-state index >= 15 is 0 Å². The molecule has 0 heterocycles. The monoisotopic (exact) mass is 198 g/mol. The van der Waals surface area contributed by atoms with Crippen LogP contribution in [0.1, 0.15) is 12.5 Å². The van der Waals surface area contributed by atoms with E-state index in [1.54, 1.807) is 6.92 Å². The van der Waals surface area contributed by atoms with Crippen molar-refractivity contribution < 1.29 is 9.90 Å². The van der Waals surface area contributed by atoms with E-state index in [0.717, 1.165) is 11.1 Å². The first-order valence-electron chi connectivity index (χ1n) is 3.67. The second kappa shape index (κ2) is 5.38. The van der Waals surface area contributed by atoms with Crippen molar-refractivity contribution in [1.82, 2.24) is 0 Å². The molecule has 0 aliphatic heterocycles. The van der Waals surface area contributed by atoms with Gasteiger partial charge in [0.05, 0.1) is 0 Å². The van der Waals surface area contributed by atoms with Crippen LogP contribution in [0.4, 0.5) is 0 Å². The quantitative estimate of drug-likeness (QED) is 0.742. The highest BCUT2D eigenvalue weighted by atomic mass is 35.5. The number of halogens is 1. The van der Waals surface area contributed by atoms with Crippen molar-refractivity contribution in [3.63, 3.8) is 0 Å². The molecule has 0 spiro atoms. The van der Waals surface area contributed by atoms with E-state index in [1.165, 1.54) is 6.08 Å². The molecular formula is C10H11ClO2. The third-order valence-electron chi connectivity index (χ3n) is 1.57. The highest BCUT2D eigenvalue weighted by Gasteiger charge is 1.95. The van der Waals surface area contributed by atoms with Crippen LogP contribution in [-0.4, -0.2) is 11.1 Å². The molecule has 0 aliphatic carbocycles. The Balaban J connectivity index is 0.00000144. The first-order valence-corrected chi connectivity index (χ1v) is 3.67. The second-order valence-corrected chi connectivity index (χ2v) is 2.53. The molecule has 0 unspecified atom stereocenters. The van der Waals surface area contributed by atoms with Gasteiger partial charge in [-0.25, -0.2) is 4.79 Å². The van der Waals surface area contributed by atoms with Crippen molar-refractivity contribution in [2.75, 3.05) is 0 Å². The first-order chi connectivity index (χ1) is 5.70. The summed E-state index contributed by atoms with van der Waals surface area (Å²) in [7, 11) is 0. The van der Waals surface area contributed by atoms with Crippen LogP contribution in [0.15, 0.2) is 36.4 Å². The highest BCUT2D eigenvalue weighted by Crippen LogP contribution is 2.11. The average molecular weight is 199 g/mol. The molecule has 13 heavy (non-hydrogen) atoms. The molecule has 2 nitrogen and oxygen atoms in total. The number of rotatable bonds is 2. The number of aliphatic carboxylic acids is 1. The topological polar surface area (TPSA) is 37.3 Å². The molecule has 0 radical (unpaired) electrons. The molecule has 1 N–H and O–H groups in total. The Bertz CT molecular complexity index is 304. The highest BCUT2D eigenvalue weighted by molar-refractivity contribution is 5.89.